The van der Waals surface area contributed by atoms with Gasteiger partial charge in [-0.1, -0.05) is 96.1 Å². The zero-order valence-corrected chi connectivity index (χ0v) is 16.2. The fraction of sp³-hybridized carbons (Fsp3) is 0.864. The fourth-order valence-electron chi connectivity index (χ4n) is 3.05. The molecule has 142 valence electrons. The number of hydrogen-bond acceptors (Lipinski definition) is 1. The summed E-state index contributed by atoms with van der Waals surface area (Å²) in [7, 11) is 0. The second kappa shape index (κ2) is 20.3. The van der Waals surface area contributed by atoms with Crippen LogP contribution in [0.5, 0.6) is 0 Å². The molecule has 2 heteroatoms. The third kappa shape index (κ3) is 21.2. The lowest BCUT2D eigenvalue weighted by Crippen LogP contribution is -1.93. The topological polar surface area (TPSA) is 37.3 Å². The second-order valence-electron chi connectivity index (χ2n) is 7.14. The van der Waals surface area contributed by atoms with Gasteiger partial charge in [0.1, 0.15) is 0 Å². The molecule has 0 aromatic rings. The average Bonchev–Trinajstić information content (AvgIpc) is 2.56. The molecule has 0 aliphatic rings. The van der Waals surface area contributed by atoms with Gasteiger partial charge in [-0.25, -0.2) is 0 Å². The van der Waals surface area contributed by atoms with Crippen molar-refractivity contribution in [2.45, 2.75) is 122 Å². The van der Waals surface area contributed by atoms with Crippen molar-refractivity contribution < 1.29 is 9.90 Å². The van der Waals surface area contributed by atoms with Crippen LogP contribution >= 0.6 is 0 Å². The lowest BCUT2D eigenvalue weighted by atomic mass is 10.1. The van der Waals surface area contributed by atoms with Crippen molar-refractivity contribution in [2.24, 2.45) is 0 Å². The van der Waals surface area contributed by atoms with E-state index < -0.39 is 5.97 Å². The van der Waals surface area contributed by atoms with Gasteiger partial charge in [0.25, 0.3) is 0 Å². The first-order valence-corrected chi connectivity index (χ1v) is 10.6. The molecule has 0 aliphatic carbocycles. The van der Waals surface area contributed by atoms with E-state index >= 15 is 0 Å². The Labute approximate surface area is 151 Å². The predicted octanol–water partition coefficient (Wildman–Crippen LogP) is 7.67. The van der Waals surface area contributed by atoms with E-state index in [0.29, 0.717) is 6.42 Å². The van der Waals surface area contributed by atoms with Gasteiger partial charge in [-0.3, -0.25) is 4.79 Å². The number of carboxylic acids is 1. The van der Waals surface area contributed by atoms with E-state index in [1.54, 1.807) is 0 Å². The molecule has 0 saturated carbocycles. The van der Waals surface area contributed by atoms with Gasteiger partial charge in [0.05, 0.1) is 0 Å². The van der Waals surface area contributed by atoms with Crippen LogP contribution in [0.3, 0.4) is 0 Å². The lowest BCUT2D eigenvalue weighted by molar-refractivity contribution is -0.137. The van der Waals surface area contributed by atoms with Crippen molar-refractivity contribution >= 4 is 5.97 Å². The molecule has 24 heavy (non-hydrogen) atoms. The highest BCUT2D eigenvalue weighted by Gasteiger charge is 1.96. The molecule has 0 radical (unpaired) electrons. The zero-order chi connectivity index (χ0) is 17.7. The van der Waals surface area contributed by atoms with Crippen LogP contribution in [0.15, 0.2) is 12.2 Å². The summed E-state index contributed by atoms with van der Waals surface area (Å²) in [5, 5.41) is 8.55. The van der Waals surface area contributed by atoms with Crippen LogP contribution in [0.1, 0.15) is 122 Å². The van der Waals surface area contributed by atoms with Gasteiger partial charge in [-0.05, 0) is 32.1 Å². The van der Waals surface area contributed by atoms with Crippen molar-refractivity contribution in [1.82, 2.24) is 0 Å². The standard InChI is InChI=1S/C22H42O2/c1-2-3-4-5-6-7-8-9-10-11-12-13-14-15-16-17-18-19-20-21-22(23)24/h11-12H,2-10,13-21H2,1H3,(H,23,24)/b12-11+. The van der Waals surface area contributed by atoms with Crippen LogP contribution in [-0.4, -0.2) is 11.1 Å². The van der Waals surface area contributed by atoms with Crippen molar-refractivity contribution in [2.75, 3.05) is 0 Å². The minimum absolute atomic E-state index is 0.337. The average molecular weight is 339 g/mol. The fourth-order valence-corrected chi connectivity index (χ4v) is 3.05. The van der Waals surface area contributed by atoms with Gasteiger partial charge in [0.2, 0.25) is 0 Å². The molecule has 0 amide bonds. The molecule has 1 N–H and O–H groups in total. The smallest absolute Gasteiger partial charge is 0.303 e. The third-order valence-electron chi connectivity index (χ3n) is 4.65. The Morgan fingerprint density at radius 3 is 1.42 bits per heavy atom. The summed E-state index contributed by atoms with van der Waals surface area (Å²) < 4.78 is 0. The van der Waals surface area contributed by atoms with Gasteiger partial charge in [0.15, 0.2) is 0 Å². The third-order valence-corrected chi connectivity index (χ3v) is 4.65. The van der Waals surface area contributed by atoms with Crippen molar-refractivity contribution in [3.05, 3.63) is 12.2 Å². The van der Waals surface area contributed by atoms with E-state index in [1.807, 2.05) is 0 Å². The Balaban J connectivity index is 3.07. The highest BCUT2D eigenvalue weighted by molar-refractivity contribution is 5.66. The Morgan fingerprint density at radius 1 is 0.625 bits per heavy atom. The molecule has 0 fully saturated rings. The first-order chi connectivity index (χ1) is 11.8. The molecule has 0 heterocycles. The SMILES string of the molecule is CCCCCCCCCC/C=C/CCCCCCCCCC(=O)O. The normalized spacial score (nSPS) is 11.4. The summed E-state index contributed by atoms with van der Waals surface area (Å²) in [5.41, 5.74) is 0. The summed E-state index contributed by atoms with van der Waals surface area (Å²) in [5.74, 6) is -0.659. The maximum absolute atomic E-state index is 10.4. The van der Waals surface area contributed by atoms with E-state index in [0.717, 1.165) is 12.8 Å². The number of aliphatic carboxylic acids is 1. The number of carbonyl (C=O) groups is 1. The summed E-state index contributed by atoms with van der Waals surface area (Å²) in [6.45, 7) is 2.28. The van der Waals surface area contributed by atoms with Crippen LogP contribution in [0.2, 0.25) is 0 Å². The van der Waals surface area contributed by atoms with Gasteiger partial charge >= 0.3 is 5.97 Å². The Bertz CT molecular complexity index is 284. The van der Waals surface area contributed by atoms with E-state index in [4.69, 9.17) is 5.11 Å². The first-order valence-electron chi connectivity index (χ1n) is 10.6. The van der Waals surface area contributed by atoms with Crippen LogP contribution in [0.4, 0.5) is 0 Å². The lowest BCUT2D eigenvalue weighted by Gasteiger charge is -2.00. The largest absolute Gasteiger partial charge is 0.481 e. The Morgan fingerprint density at radius 2 is 1.00 bits per heavy atom. The quantitative estimate of drug-likeness (QED) is 0.194. The van der Waals surface area contributed by atoms with E-state index in [1.165, 1.54) is 96.3 Å². The molecule has 0 saturated heterocycles. The summed E-state index contributed by atoms with van der Waals surface area (Å²) in [6, 6.07) is 0. The molecule has 0 aromatic carbocycles. The Hall–Kier alpha value is -0.790. The van der Waals surface area contributed by atoms with Crippen LogP contribution < -0.4 is 0 Å². The summed E-state index contributed by atoms with van der Waals surface area (Å²) >= 11 is 0. The zero-order valence-electron chi connectivity index (χ0n) is 16.2. The number of rotatable bonds is 19. The van der Waals surface area contributed by atoms with Crippen LogP contribution in [0.25, 0.3) is 0 Å². The molecule has 0 bridgehead atoms. The van der Waals surface area contributed by atoms with Crippen molar-refractivity contribution in [1.29, 1.82) is 0 Å². The van der Waals surface area contributed by atoms with E-state index in [9.17, 15) is 4.79 Å². The van der Waals surface area contributed by atoms with Gasteiger partial charge in [0, 0.05) is 6.42 Å². The number of allylic oxidation sites excluding steroid dienone is 2. The summed E-state index contributed by atoms with van der Waals surface area (Å²) in [4.78, 5) is 10.4. The molecule has 0 rings (SSSR count). The molecule has 0 aliphatic heterocycles. The number of unbranched alkanes of at least 4 members (excludes halogenated alkanes) is 15. The molecule has 2 nitrogen and oxygen atoms in total. The van der Waals surface area contributed by atoms with Crippen LogP contribution in [-0.2, 0) is 4.79 Å². The Kier molecular flexibility index (Phi) is 19.6. The van der Waals surface area contributed by atoms with Crippen molar-refractivity contribution in [3.63, 3.8) is 0 Å². The second-order valence-corrected chi connectivity index (χ2v) is 7.14. The number of carboxylic acid groups (broad SMARTS) is 1. The van der Waals surface area contributed by atoms with Gasteiger partial charge in [-0.2, -0.15) is 0 Å². The maximum atomic E-state index is 10.4. The number of hydrogen-bond donors (Lipinski definition) is 1. The van der Waals surface area contributed by atoms with E-state index in [2.05, 4.69) is 19.1 Å². The molecule has 0 spiro atoms. The molecule has 0 aromatic heterocycles. The monoisotopic (exact) mass is 338 g/mol. The summed E-state index contributed by atoms with van der Waals surface area (Å²) in [6.07, 6.45) is 27.1. The minimum Gasteiger partial charge on any atom is -0.481 e. The van der Waals surface area contributed by atoms with Gasteiger partial charge in [-0.15, -0.1) is 0 Å². The molecular formula is C22H42O2. The predicted molar refractivity (Wildman–Crippen MR) is 106 cm³/mol. The minimum atomic E-state index is -0.659. The van der Waals surface area contributed by atoms with E-state index in [-0.39, 0.29) is 0 Å². The van der Waals surface area contributed by atoms with Gasteiger partial charge < -0.3 is 5.11 Å². The molecule has 0 atom stereocenters. The highest BCUT2D eigenvalue weighted by atomic mass is 16.4. The highest BCUT2D eigenvalue weighted by Crippen LogP contribution is 2.11. The molecular weight excluding hydrogens is 296 g/mol. The first kappa shape index (κ1) is 23.2. The molecule has 0 unspecified atom stereocenters. The maximum Gasteiger partial charge on any atom is 0.303 e. The van der Waals surface area contributed by atoms with Crippen molar-refractivity contribution in [3.8, 4) is 0 Å². The van der Waals surface area contributed by atoms with Crippen LogP contribution in [0, 0.1) is 0 Å².